The molecule has 19 heteroatoms. The maximum Gasteiger partial charge on any atom is 0.480 e. The lowest BCUT2D eigenvalue weighted by Gasteiger charge is -2.22. The molecule has 1 N–H and O–H groups in total. The zero-order chi connectivity index (χ0) is 33.4. The number of hydrogen-bond acceptors (Lipinski definition) is 8. The summed E-state index contributed by atoms with van der Waals surface area (Å²) in [6.45, 7) is 3.11. The number of rotatable bonds is 14. The maximum absolute atomic E-state index is 11.9. The number of sulfonamides is 2. The van der Waals surface area contributed by atoms with Crippen LogP contribution in [0.25, 0.3) is 4.13 Å². The van der Waals surface area contributed by atoms with Gasteiger partial charge in [-0.3, -0.25) is 5.32 Å². The van der Waals surface area contributed by atoms with Crippen LogP contribution in [0.15, 0.2) is 53.8 Å². The van der Waals surface area contributed by atoms with E-state index < -0.39 is 37.2 Å². The second-order valence-corrected chi connectivity index (χ2v) is 12.3. The average Bonchev–Trinajstić information content (AvgIpc) is 2.91. The highest BCUT2D eigenvalue weighted by atomic mass is 32.3. The number of aryl methyl sites for hydroxylation is 1. The monoisotopic (exact) mass is 676 g/mol. The quantitative estimate of drug-likeness (QED) is 0.0828. The third kappa shape index (κ3) is 14.3. The molecular formula is C25H30F6N4O7S2. The van der Waals surface area contributed by atoms with Gasteiger partial charge in [-0.2, -0.15) is 31.3 Å². The lowest BCUT2D eigenvalue weighted by molar-refractivity contribution is -0.697. The van der Waals surface area contributed by atoms with Crippen LogP contribution in [-0.4, -0.2) is 46.6 Å². The van der Waals surface area contributed by atoms with Crippen molar-refractivity contribution >= 4 is 43.6 Å². The Kier molecular flexibility index (Phi) is 15.5. The van der Waals surface area contributed by atoms with Gasteiger partial charge in [-0.1, -0.05) is 39.0 Å². The average molecular weight is 677 g/mol. The van der Waals surface area contributed by atoms with E-state index in [1.807, 2.05) is 17.0 Å². The van der Waals surface area contributed by atoms with E-state index in [2.05, 4.69) is 29.4 Å². The molecule has 0 fully saturated rings. The van der Waals surface area contributed by atoms with Crippen LogP contribution in [0, 0.1) is 0 Å². The van der Waals surface area contributed by atoms with Gasteiger partial charge in [-0.05, 0) is 42.7 Å². The number of alkyl halides is 6. The molecule has 0 unspecified atom stereocenters. The van der Waals surface area contributed by atoms with Gasteiger partial charge in [0.2, 0.25) is 6.08 Å². The van der Waals surface area contributed by atoms with E-state index in [1.165, 1.54) is 50.2 Å². The van der Waals surface area contributed by atoms with Crippen LogP contribution >= 0.6 is 0 Å². The Bertz CT molecular complexity index is 1400. The number of isocyanates is 1. The van der Waals surface area contributed by atoms with E-state index in [9.17, 15) is 52.8 Å². The first-order valence-electron chi connectivity index (χ1n) is 12.9. The van der Waals surface area contributed by atoms with E-state index in [-0.39, 0.29) is 6.61 Å². The van der Waals surface area contributed by atoms with Crippen molar-refractivity contribution in [3.05, 3.63) is 58.5 Å². The number of unbranched alkanes of at least 4 members (excludes halogenated alkanes) is 5. The third-order valence-electron chi connectivity index (χ3n) is 5.43. The van der Waals surface area contributed by atoms with Crippen LogP contribution in [0.4, 0.5) is 42.5 Å². The predicted octanol–water partition coefficient (Wildman–Crippen LogP) is 6.15. The molecule has 0 aliphatic rings. The van der Waals surface area contributed by atoms with Gasteiger partial charge in [-0.15, -0.1) is 0 Å². The number of nitrogens with zero attached hydrogens (tertiary/aromatic N) is 3. The Hall–Kier alpha value is -3.54. The van der Waals surface area contributed by atoms with Gasteiger partial charge in [0, 0.05) is 17.8 Å². The molecule has 0 radical (unpaired) electrons. The molecule has 2 aromatic rings. The second kappa shape index (κ2) is 17.7. The Balaban J connectivity index is 0.000000546. The zero-order valence-electron chi connectivity index (χ0n) is 23.3. The van der Waals surface area contributed by atoms with Crippen molar-refractivity contribution in [2.45, 2.75) is 69.4 Å². The number of hydrogen-bond donors (Lipinski definition) is 1. The Morgan fingerprint density at radius 2 is 1.41 bits per heavy atom. The molecule has 1 aromatic carbocycles. The SMILES string of the molecule is CCCCCCCCc1cc[n+](CCOC(=O)Nc2ccc(N=C=O)cc2)cc1.O=S(=O)([N-]S(=O)(=O)C(F)(F)F)C(F)(F)F. The molecule has 1 aromatic heterocycles. The van der Waals surface area contributed by atoms with Gasteiger partial charge < -0.3 is 8.86 Å². The molecule has 246 valence electrons. The highest BCUT2D eigenvalue weighted by molar-refractivity contribution is 8.13. The predicted molar refractivity (Wildman–Crippen MR) is 146 cm³/mol. The lowest BCUT2D eigenvalue weighted by Crippen LogP contribution is -2.36. The minimum atomic E-state index is -6.72. The summed E-state index contributed by atoms with van der Waals surface area (Å²) in [5, 5.41) is 2.64. The molecule has 0 bridgehead atoms. The number of ether oxygens (including phenoxy) is 1. The Labute approximate surface area is 250 Å². The summed E-state index contributed by atoms with van der Waals surface area (Å²) in [5.74, 6) is 0. The van der Waals surface area contributed by atoms with E-state index in [0.717, 1.165) is 10.5 Å². The van der Waals surface area contributed by atoms with Gasteiger partial charge in [-0.25, -0.2) is 31.0 Å². The van der Waals surface area contributed by atoms with E-state index in [0.29, 0.717) is 17.9 Å². The maximum atomic E-state index is 11.9. The van der Waals surface area contributed by atoms with Gasteiger partial charge in [0.25, 0.3) is 0 Å². The van der Waals surface area contributed by atoms with Crippen molar-refractivity contribution in [1.29, 1.82) is 0 Å². The molecule has 0 atom stereocenters. The third-order valence-corrected chi connectivity index (χ3v) is 8.17. The summed E-state index contributed by atoms with van der Waals surface area (Å²) in [6, 6.07) is 10.8. The molecule has 1 amide bonds. The fourth-order valence-corrected chi connectivity index (χ4v) is 4.91. The Morgan fingerprint density at radius 3 is 1.91 bits per heavy atom. The number of amides is 1. The largest absolute Gasteiger partial charge is 0.480 e. The number of pyridine rings is 1. The second-order valence-electron chi connectivity index (χ2n) is 8.89. The molecule has 0 saturated heterocycles. The standard InChI is InChI=1S/C23H29N3O3.C2F6NO4S2/c1-2-3-4-5-6-7-8-20-13-15-26(16-14-20)17-18-29-23(28)25-22-11-9-21(10-12-22)24-19-27;3-1(4,5)14(10,11)9-15(12,13)2(6,7)8/h9-16H,2-8,17-18H2,1H3;/q;-1/p+1. The van der Waals surface area contributed by atoms with Crippen LogP contribution < -0.4 is 9.88 Å². The van der Waals surface area contributed by atoms with Crippen LogP contribution in [-0.2, 0) is 42.5 Å². The van der Waals surface area contributed by atoms with E-state index >= 15 is 0 Å². The molecule has 2 rings (SSSR count). The lowest BCUT2D eigenvalue weighted by atomic mass is 10.1. The normalized spacial score (nSPS) is 12.0. The molecular weight excluding hydrogens is 646 g/mol. The number of benzene rings is 1. The minimum absolute atomic E-state index is 0.279. The van der Waals surface area contributed by atoms with Crippen molar-refractivity contribution in [2.24, 2.45) is 4.99 Å². The number of aliphatic imine (C=N–C) groups is 1. The van der Waals surface area contributed by atoms with Gasteiger partial charge in [0.05, 0.1) is 5.69 Å². The smallest absolute Gasteiger partial charge is 0.443 e. The van der Waals surface area contributed by atoms with Crippen molar-refractivity contribution < 1.29 is 62.1 Å². The summed E-state index contributed by atoms with van der Waals surface area (Å²) >= 11 is 0. The van der Waals surface area contributed by atoms with Crippen molar-refractivity contribution in [3.8, 4) is 0 Å². The summed E-state index contributed by atoms with van der Waals surface area (Å²) in [7, 11) is -13.4. The highest BCUT2D eigenvalue weighted by Crippen LogP contribution is 2.36. The Morgan fingerprint density at radius 1 is 0.886 bits per heavy atom. The van der Waals surface area contributed by atoms with Crippen LogP contribution in [0.3, 0.4) is 0 Å². The first kappa shape index (κ1) is 38.5. The van der Waals surface area contributed by atoms with Crippen LogP contribution in [0.2, 0.25) is 0 Å². The first-order chi connectivity index (χ1) is 20.4. The molecule has 44 heavy (non-hydrogen) atoms. The summed E-state index contributed by atoms with van der Waals surface area (Å²) < 4.78 is 116. The van der Waals surface area contributed by atoms with Crippen molar-refractivity contribution in [3.63, 3.8) is 0 Å². The molecule has 1 heterocycles. The molecule has 11 nitrogen and oxygen atoms in total. The summed E-state index contributed by atoms with van der Waals surface area (Å²) in [5.41, 5.74) is -10.0. The van der Waals surface area contributed by atoms with E-state index in [4.69, 9.17) is 4.74 Å². The van der Waals surface area contributed by atoms with Crippen LogP contribution in [0.1, 0.15) is 51.0 Å². The number of aromatic nitrogens is 1. The zero-order valence-corrected chi connectivity index (χ0v) is 24.9. The molecule has 0 aliphatic heterocycles. The highest BCUT2D eigenvalue weighted by Gasteiger charge is 2.46. The fraction of sp³-hybridized carbons (Fsp3) is 0.480. The van der Waals surface area contributed by atoms with Crippen LogP contribution in [0.5, 0.6) is 0 Å². The van der Waals surface area contributed by atoms with Gasteiger partial charge >= 0.3 is 17.1 Å². The molecule has 0 aliphatic carbocycles. The summed E-state index contributed by atoms with van der Waals surface area (Å²) in [6.07, 6.45) is 14.0. The van der Waals surface area contributed by atoms with Gasteiger partial charge in [0.1, 0.15) is 0 Å². The fourth-order valence-electron chi connectivity index (χ4n) is 3.20. The number of carbonyl (C=O) groups is 1. The topological polar surface area (TPSA) is 154 Å². The number of anilines is 1. The molecule has 0 saturated carbocycles. The number of nitrogens with one attached hydrogen (secondary N) is 1. The van der Waals surface area contributed by atoms with Crippen molar-refractivity contribution in [2.75, 3.05) is 11.9 Å². The summed E-state index contributed by atoms with van der Waals surface area (Å²) in [4.78, 5) is 25.5. The first-order valence-corrected chi connectivity index (χ1v) is 15.8. The number of halogens is 6. The van der Waals surface area contributed by atoms with E-state index in [1.54, 1.807) is 24.3 Å². The molecule has 0 spiro atoms. The van der Waals surface area contributed by atoms with Crippen molar-refractivity contribution in [1.82, 2.24) is 0 Å². The minimum Gasteiger partial charge on any atom is -0.443 e. The number of carbonyl (C=O) groups excluding carboxylic acids is 2. The van der Waals surface area contributed by atoms with Gasteiger partial charge in [0.15, 0.2) is 45.6 Å².